The topological polar surface area (TPSA) is 50.4 Å². The van der Waals surface area contributed by atoms with Gasteiger partial charge in [0, 0.05) is 36.5 Å². The normalized spacial score (nSPS) is 13.5. The Morgan fingerprint density at radius 3 is 3.16 bits per heavy atom. The Labute approximate surface area is 124 Å². The van der Waals surface area contributed by atoms with Crippen LogP contribution < -0.4 is 15.4 Å². The molecule has 0 bridgehead atoms. The predicted molar refractivity (Wildman–Crippen MR) is 82.5 cm³/mol. The smallest absolute Gasteiger partial charge is 0.225 e. The molecule has 4 nitrogen and oxygen atoms in total. The zero-order valence-corrected chi connectivity index (χ0v) is 12.5. The van der Waals surface area contributed by atoms with Gasteiger partial charge in [-0.1, -0.05) is 0 Å². The first-order chi connectivity index (χ1) is 8.79. The van der Waals surface area contributed by atoms with Crippen molar-refractivity contribution >= 4 is 35.8 Å². The molecule has 0 saturated carbocycles. The van der Waals surface area contributed by atoms with Crippen molar-refractivity contribution in [2.75, 3.05) is 30.5 Å². The molecule has 2 N–H and O–H groups in total. The number of thioether (sulfide) groups is 1. The van der Waals surface area contributed by atoms with Crippen LogP contribution in [0.15, 0.2) is 18.2 Å². The van der Waals surface area contributed by atoms with Gasteiger partial charge in [-0.05, 0) is 24.5 Å². The second-order valence-corrected chi connectivity index (χ2v) is 5.12. The molecular weight excluding hydrogens is 284 g/mol. The molecule has 2 rings (SSSR count). The minimum atomic E-state index is 0. The Kier molecular flexibility index (Phi) is 7.05. The van der Waals surface area contributed by atoms with E-state index in [2.05, 4.69) is 10.6 Å². The summed E-state index contributed by atoms with van der Waals surface area (Å²) in [7, 11) is 0. The molecule has 1 amide bonds. The van der Waals surface area contributed by atoms with E-state index in [4.69, 9.17) is 4.74 Å². The van der Waals surface area contributed by atoms with Crippen molar-refractivity contribution in [3.05, 3.63) is 23.8 Å². The molecule has 0 aromatic heterocycles. The van der Waals surface area contributed by atoms with E-state index in [0.717, 1.165) is 35.8 Å². The fourth-order valence-corrected chi connectivity index (χ4v) is 2.20. The van der Waals surface area contributed by atoms with E-state index < -0.39 is 0 Å². The Hall–Kier alpha value is -0.910. The van der Waals surface area contributed by atoms with Gasteiger partial charge in [0.25, 0.3) is 0 Å². The van der Waals surface area contributed by atoms with Crippen LogP contribution >= 0.6 is 24.2 Å². The highest BCUT2D eigenvalue weighted by Gasteiger charge is 2.10. The molecule has 0 fully saturated rings. The van der Waals surface area contributed by atoms with Crippen LogP contribution in [0.25, 0.3) is 0 Å². The van der Waals surface area contributed by atoms with Gasteiger partial charge in [0.05, 0.1) is 0 Å². The van der Waals surface area contributed by atoms with E-state index in [-0.39, 0.29) is 18.3 Å². The summed E-state index contributed by atoms with van der Waals surface area (Å²) in [5.74, 6) is 1.82. The predicted octanol–water partition coefficient (Wildman–Crippen LogP) is 2.28. The minimum Gasteiger partial charge on any atom is -0.492 e. The highest BCUT2D eigenvalue weighted by molar-refractivity contribution is 7.98. The first kappa shape index (κ1) is 16.1. The quantitative estimate of drug-likeness (QED) is 0.896. The van der Waals surface area contributed by atoms with Crippen LogP contribution in [0.4, 0.5) is 5.69 Å². The summed E-state index contributed by atoms with van der Waals surface area (Å²) in [6, 6.07) is 5.79. The molecule has 1 aliphatic heterocycles. The van der Waals surface area contributed by atoms with E-state index in [1.54, 1.807) is 11.8 Å². The molecule has 1 aromatic rings. The number of fused-ring (bicyclic) bond motifs is 1. The fourth-order valence-electron chi connectivity index (χ4n) is 1.81. The van der Waals surface area contributed by atoms with E-state index in [0.29, 0.717) is 13.0 Å². The summed E-state index contributed by atoms with van der Waals surface area (Å²) in [5.41, 5.74) is 1.93. The molecule has 0 radical (unpaired) electrons. The monoisotopic (exact) mass is 302 g/mol. The molecule has 1 heterocycles. The SMILES string of the molecule is CSCCC(=O)Nc1ccc2c(c1)CNCCO2.Cl. The van der Waals surface area contributed by atoms with Crippen LogP contribution in [0.5, 0.6) is 5.75 Å². The average molecular weight is 303 g/mol. The molecule has 19 heavy (non-hydrogen) atoms. The van der Waals surface area contributed by atoms with Gasteiger partial charge in [-0.3, -0.25) is 4.79 Å². The van der Waals surface area contributed by atoms with Gasteiger partial charge in [0.15, 0.2) is 0 Å². The third-order valence-corrected chi connectivity index (χ3v) is 3.34. The molecule has 6 heteroatoms. The van der Waals surface area contributed by atoms with Gasteiger partial charge in [0.1, 0.15) is 12.4 Å². The van der Waals surface area contributed by atoms with Crippen LogP contribution in [0.3, 0.4) is 0 Å². The van der Waals surface area contributed by atoms with Crippen molar-refractivity contribution in [1.29, 1.82) is 0 Å². The number of ether oxygens (including phenoxy) is 1. The summed E-state index contributed by atoms with van der Waals surface area (Å²) < 4.78 is 5.59. The van der Waals surface area contributed by atoms with Crippen molar-refractivity contribution in [2.24, 2.45) is 0 Å². The maximum Gasteiger partial charge on any atom is 0.225 e. The van der Waals surface area contributed by atoms with Crippen LogP contribution in [0.1, 0.15) is 12.0 Å². The summed E-state index contributed by atoms with van der Waals surface area (Å²) in [6.07, 6.45) is 2.55. The Morgan fingerprint density at radius 1 is 1.53 bits per heavy atom. The van der Waals surface area contributed by atoms with Gasteiger partial charge in [-0.15, -0.1) is 12.4 Å². The summed E-state index contributed by atoms with van der Waals surface area (Å²) in [5, 5.41) is 6.19. The zero-order chi connectivity index (χ0) is 12.8. The number of hydrogen-bond donors (Lipinski definition) is 2. The van der Waals surface area contributed by atoms with Crippen molar-refractivity contribution in [2.45, 2.75) is 13.0 Å². The summed E-state index contributed by atoms with van der Waals surface area (Å²) in [6.45, 7) is 2.32. The van der Waals surface area contributed by atoms with Gasteiger partial charge in [-0.2, -0.15) is 11.8 Å². The number of hydrogen-bond acceptors (Lipinski definition) is 4. The number of amides is 1. The molecule has 106 valence electrons. The van der Waals surface area contributed by atoms with Gasteiger partial charge in [-0.25, -0.2) is 0 Å². The third-order valence-electron chi connectivity index (χ3n) is 2.73. The Bertz CT molecular complexity index is 429. The lowest BCUT2D eigenvalue weighted by atomic mass is 10.1. The average Bonchev–Trinajstić information content (AvgIpc) is 2.61. The van der Waals surface area contributed by atoms with E-state index in [1.165, 1.54) is 0 Å². The lowest BCUT2D eigenvalue weighted by Crippen LogP contribution is -2.16. The molecule has 0 atom stereocenters. The molecule has 0 spiro atoms. The number of carbonyl (C=O) groups is 1. The number of carbonyl (C=O) groups excluding carboxylic acids is 1. The molecular formula is C13H19ClN2O2S. The first-order valence-corrected chi connectivity index (χ1v) is 7.44. The largest absolute Gasteiger partial charge is 0.492 e. The number of nitrogens with one attached hydrogen (secondary N) is 2. The van der Waals surface area contributed by atoms with Crippen molar-refractivity contribution in [3.8, 4) is 5.75 Å². The van der Waals surface area contributed by atoms with Crippen LogP contribution in [-0.2, 0) is 11.3 Å². The molecule has 0 aliphatic carbocycles. The number of halogens is 1. The van der Waals surface area contributed by atoms with Gasteiger partial charge < -0.3 is 15.4 Å². The van der Waals surface area contributed by atoms with Gasteiger partial charge in [0.2, 0.25) is 5.91 Å². The Balaban J connectivity index is 0.00000180. The fraction of sp³-hybridized carbons (Fsp3) is 0.462. The number of rotatable bonds is 4. The lowest BCUT2D eigenvalue weighted by molar-refractivity contribution is -0.115. The van der Waals surface area contributed by atoms with Crippen molar-refractivity contribution < 1.29 is 9.53 Å². The Morgan fingerprint density at radius 2 is 2.37 bits per heavy atom. The van der Waals surface area contributed by atoms with Crippen molar-refractivity contribution in [1.82, 2.24) is 5.32 Å². The maximum atomic E-state index is 11.6. The van der Waals surface area contributed by atoms with E-state index in [1.807, 2.05) is 24.5 Å². The first-order valence-electron chi connectivity index (χ1n) is 6.05. The second kappa shape index (κ2) is 8.30. The lowest BCUT2D eigenvalue weighted by Gasteiger charge is -2.10. The zero-order valence-electron chi connectivity index (χ0n) is 10.9. The van der Waals surface area contributed by atoms with E-state index >= 15 is 0 Å². The van der Waals surface area contributed by atoms with Crippen LogP contribution in [-0.4, -0.2) is 31.1 Å². The molecule has 1 aromatic carbocycles. The van der Waals surface area contributed by atoms with Crippen molar-refractivity contribution in [3.63, 3.8) is 0 Å². The molecule has 0 saturated heterocycles. The molecule has 1 aliphatic rings. The summed E-state index contributed by atoms with van der Waals surface area (Å²) in [4.78, 5) is 11.6. The van der Waals surface area contributed by atoms with Gasteiger partial charge >= 0.3 is 0 Å². The summed E-state index contributed by atoms with van der Waals surface area (Å²) >= 11 is 1.68. The van der Waals surface area contributed by atoms with Crippen LogP contribution in [0, 0.1) is 0 Å². The highest BCUT2D eigenvalue weighted by atomic mass is 35.5. The second-order valence-electron chi connectivity index (χ2n) is 4.14. The van der Waals surface area contributed by atoms with Crippen LogP contribution in [0.2, 0.25) is 0 Å². The number of anilines is 1. The third kappa shape index (κ3) is 4.93. The molecule has 0 unspecified atom stereocenters. The van der Waals surface area contributed by atoms with E-state index in [9.17, 15) is 4.79 Å². The minimum absolute atomic E-state index is 0. The maximum absolute atomic E-state index is 11.6. The highest BCUT2D eigenvalue weighted by Crippen LogP contribution is 2.24. The number of benzene rings is 1. The standard InChI is InChI=1S/C13H18N2O2S.ClH/c1-18-7-4-13(16)15-11-2-3-12-10(8-11)9-14-5-6-17-12;/h2-3,8,14H,4-7,9H2,1H3,(H,15,16);1H.